The average Bonchev–Trinajstić information content (AvgIpc) is 3.42. The molecule has 0 aromatic carbocycles. The van der Waals surface area contributed by atoms with Crippen LogP contribution >= 0.6 is 0 Å². The van der Waals surface area contributed by atoms with E-state index in [2.05, 4.69) is 41.6 Å². The first-order valence-corrected chi connectivity index (χ1v) is 15.2. The number of ether oxygens (including phenoxy) is 3. The van der Waals surface area contributed by atoms with Gasteiger partial charge in [0.25, 0.3) is 0 Å². The number of hydrogen-bond donors (Lipinski definition) is 5. The summed E-state index contributed by atoms with van der Waals surface area (Å²) in [7, 11) is 1.18. The summed E-state index contributed by atoms with van der Waals surface area (Å²) in [5.41, 5.74) is -0.500. The van der Waals surface area contributed by atoms with Gasteiger partial charge in [0.2, 0.25) is 23.6 Å². The van der Waals surface area contributed by atoms with Crippen molar-refractivity contribution in [3.05, 3.63) is 11.9 Å². The summed E-state index contributed by atoms with van der Waals surface area (Å²) in [5.74, 6) is -3.70. The van der Waals surface area contributed by atoms with Crippen molar-refractivity contribution in [1.82, 2.24) is 41.6 Å². The maximum atomic E-state index is 13.7. The Bertz CT molecular complexity index is 1230. The molecule has 2 rings (SSSR count). The topological polar surface area (TPSA) is 221 Å². The van der Waals surface area contributed by atoms with E-state index < -0.39 is 77.9 Å². The molecule has 0 fully saturated rings. The molecule has 0 radical (unpaired) electrons. The zero-order valence-corrected chi connectivity index (χ0v) is 27.8. The Kier molecular flexibility index (Phi) is 14.4. The van der Waals surface area contributed by atoms with Crippen LogP contribution in [0.3, 0.4) is 0 Å². The molecule has 1 aliphatic rings. The predicted octanol–water partition coefficient (Wildman–Crippen LogP) is -0.290. The van der Waals surface area contributed by atoms with Crippen LogP contribution in [0.25, 0.3) is 0 Å². The highest BCUT2D eigenvalue weighted by atomic mass is 16.6. The third-order valence-corrected chi connectivity index (χ3v) is 6.84. The Labute approximate surface area is 268 Å². The third-order valence-electron chi connectivity index (χ3n) is 6.84. The number of methoxy groups -OCH3 is 1. The number of amides is 5. The highest BCUT2D eigenvalue weighted by Gasteiger charge is 2.34. The summed E-state index contributed by atoms with van der Waals surface area (Å²) in [5, 5.41) is 21.3. The van der Waals surface area contributed by atoms with E-state index in [1.807, 2.05) is 0 Å². The first-order valence-electron chi connectivity index (χ1n) is 15.2. The zero-order valence-electron chi connectivity index (χ0n) is 27.8. The molecule has 4 atom stereocenters. The minimum Gasteiger partial charge on any atom is -0.468 e. The fourth-order valence-electron chi connectivity index (χ4n) is 4.41. The number of aromatic nitrogens is 3. The molecule has 0 spiro atoms. The molecule has 2 bridgehead atoms. The molecular weight excluding hydrogens is 604 g/mol. The third kappa shape index (κ3) is 12.3. The molecule has 17 nitrogen and oxygen atoms in total. The molecule has 5 amide bonds. The van der Waals surface area contributed by atoms with Gasteiger partial charge in [-0.2, -0.15) is 0 Å². The lowest BCUT2D eigenvalue weighted by Crippen LogP contribution is -2.59. The van der Waals surface area contributed by atoms with E-state index in [0.717, 1.165) is 0 Å². The van der Waals surface area contributed by atoms with Crippen molar-refractivity contribution in [2.24, 2.45) is 11.8 Å². The molecule has 5 N–H and O–H groups in total. The van der Waals surface area contributed by atoms with Gasteiger partial charge in [-0.15, -0.1) is 5.10 Å². The van der Waals surface area contributed by atoms with E-state index in [9.17, 15) is 28.8 Å². The molecule has 1 aromatic rings. The second kappa shape index (κ2) is 17.4. The number of carbonyl (C=O) groups excluding carboxylic acids is 6. The van der Waals surface area contributed by atoms with Crippen molar-refractivity contribution in [3.63, 3.8) is 0 Å². The summed E-state index contributed by atoms with van der Waals surface area (Å²) < 4.78 is 16.9. The Morgan fingerprint density at radius 1 is 1.02 bits per heavy atom. The van der Waals surface area contributed by atoms with E-state index >= 15 is 0 Å². The highest BCUT2D eigenvalue weighted by molar-refractivity contribution is 5.94. The summed E-state index contributed by atoms with van der Waals surface area (Å²) >= 11 is 0. The fourth-order valence-corrected chi connectivity index (χ4v) is 4.41. The Morgan fingerprint density at radius 3 is 2.26 bits per heavy atom. The van der Waals surface area contributed by atoms with Gasteiger partial charge >= 0.3 is 12.1 Å². The Balaban J connectivity index is 2.48. The van der Waals surface area contributed by atoms with Crippen LogP contribution in [0, 0.1) is 11.8 Å². The number of hydrogen-bond acceptors (Lipinski definition) is 11. The molecule has 2 heterocycles. The quantitative estimate of drug-likeness (QED) is 0.251. The fraction of sp³-hybridized carbons (Fsp3) is 0.724. The number of rotatable bonds is 6. The standard InChI is InChI=1S/C29H48N8O9/c1-16(2)22-26(41)30-11-12-45-15-18-14-37(36-35-18)20(25(40)31-13-21(38)44-8)10-9-19(32-28(43)46-29(5,6)7)24(39)33-23(17(3)4)27(42)34-22/h14,16-17,19-20,22-23H,9-13,15H2,1-8H3,(H,30,41)(H,31,40)(H,32,43)(H,33,39)(H,34,42)/t19-,20?,22-,23-/m0/s1. The Hall–Kier alpha value is -4.28. The molecule has 0 aliphatic carbocycles. The van der Waals surface area contributed by atoms with Crippen molar-refractivity contribution in [3.8, 4) is 0 Å². The molecule has 1 unspecified atom stereocenters. The van der Waals surface area contributed by atoms with Crippen molar-refractivity contribution in [1.29, 1.82) is 0 Å². The van der Waals surface area contributed by atoms with Crippen LogP contribution in [0.5, 0.6) is 0 Å². The van der Waals surface area contributed by atoms with Gasteiger partial charge in [-0.25, -0.2) is 9.48 Å². The van der Waals surface area contributed by atoms with Crippen LogP contribution in [0.1, 0.15) is 73.0 Å². The van der Waals surface area contributed by atoms with Gasteiger partial charge in [-0.3, -0.25) is 24.0 Å². The second-order valence-corrected chi connectivity index (χ2v) is 12.6. The lowest BCUT2D eigenvalue weighted by atomic mass is 9.98. The van der Waals surface area contributed by atoms with Gasteiger partial charge in [0.1, 0.15) is 42.0 Å². The van der Waals surface area contributed by atoms with Gasteiger partial charge in [0, 0.05) is 6.54 Å². The van der Waals surface area contributed by atoms with Crippen LogP contribution in [-0.2, 0) is 44.8 Å². The van der Waals surface area contributed by atoms with E-state index in [1.165, 1.54) is 18.0 Å². The summed E-state index contributed by atoms with van der Waals surface area (Å²) in [6.45, 7) is 11.9. The highest BCUT2D eigenvalue weighted by Crippen LogP contribution is 2.18. The minimum atomic E-state index is -1.27. The van der Waals surface area contributed by atoms with Crippen molar-refractivity contribution >= 4 is 35.7 Å². The number of carbonyl (C=O) groups is 6. The van der Waals surface area contributed by atoms with Gasteiger partial charge in [-0.05, 0) is 45.4 Å². The summed E-state index contributed by atoms with van der Waals surface area (Å²) in [6, 6.07) is -4.31. The normalized spacial score (nSPS) is 22.3. The van der Waals surface area contributed by atoms with Gasteiger partial charge in [0.05, 0.1) is 26.5 Å². The van der Waals surface area contributed by atoms with E-state index in [-0.39, 0.29) is 38.5 Å². The number of alkyl carbamates (subject to hydrolysis) is 1. The second-order valence-electron chi connectivity index (χ2n) is 12.6. The maximum Gasteiger partial charge on any atom is 0.408 e. The largest absolute Gasteiger partial charge is 0.468 e. The van der Waals surface area contributed by atoms with Crippen LogP contribution < -0.4 is 26.6 Å². The lowest BCUT2D eigenvalue weighted by molar-refractivity contribution is -0.141. The molecule has 0 saturated carbocycles. The van der Waals surface area contributed by atoms with Crippen LogP contribution in [-0.4, -0.2) is 101 Å². The summed E-state index contributed by atoms with van der Waals surface area (Å²) in [4.78, 5) is 77.8. The zero-order chi connectivity index (χ0) is 34.6. The van der Waals surface area contributed by atoms with Gasteiger partial charge < -0.3 is 40.8 Å². The molecule has 0 saturated heterocycles. The number of esters is 1. The van der Waals surface area contributed by atoms with Crippen molar-refractivity contribution < 1.29 is 43.0 Å². The number of nitrogens with zero attached hydrogens (tertiary/aromatic N) is 3. The van der Waals surface area contributed by atoms with E-state index in [0.29, 0.717) is 5.69 Å². The van der Waals surface area contributed by atoms with Crippen LogP contribution in [0.2, 0.25) is 0 Å². The SMILES string of the molecule is COC(=O)CNC(=O)C1CC[C@H](NC(=O)OC(C)(C)C)C(=O)N[C@@H](C(C)C)C(=O)N[C@@H](C(C)C)C(=O)NCCOCc2cn1nn2. The molecule has 1 aliphatic heterocycles. The van der Waals surface area contributed by atoms with Crippen LogP contribution in [0.15, 0.2) is 6.20 Å². The summed E-state index contributed by atoms with van der Waals surface area (Å²) in [6.07, 6.45) is 0.422. The molecule has 46 heavy (non-hydrogen) atoms. The molecule has 258 valence electrons. The average molecular weight is 653 g/mol. The monoisotopic (exact) mass is 652 g/mol. The lowest BCUT2D eigenvalue weighted by Gasteiger charge is -2.29. The maximum absolute atomic E-state index is 13.7. The predicted molar refractivity (Wildman–Crippen MR) is 163 cm³/mol. The van der Waals surface area contributed by atoms with Crippen LogP contribution in [0.4, 0.5) is 4.79 Å². The molecule has 17 heteroatoms. The number of fused-ring (bicyclic) bond motifs is 2. The number of nitrogens with one attached hydrogen (secondary N) is 5. The minimum absolute atomic E-state index is 0.0119. The van der Waals surface area contributed by atoms with Crippen molar-refractivity contribution in [2.45, 2.75) is 97.7 Å². The first kappa shape index (κ1) is 37.9. The van der Waals surface area contributed by atoms with Crippen molar-refractivity contribution in [2.75, 3.05) is 26.8 Å². The Morgan fingerprint density at radius 2 is 1.65 bits per heavy atom. The molecule has 1 aromatic heterocycles. The van der Waals surface area contributed by atoms with Gasteiger partial charge in [-0.1, -0.05) is 32.9 Å². The molecular formula is C29H48N8O9. The van der Waals surface area contributed by atoms with Gasteiger partial charge in [0.15, 0.2) is 0 Å². The first-order chi connectivity index (χ1) is 21.5. The van der Waals surface area contributed by atoms with E-state index in [1.54, 1.807) is 48.5 Å². The smallest absolute Gasteiger partial charge is 0.408 e. The van der Waals surface area contributed by atoms with E-state index in [4.69, 9.17) is 9.47 Å².